The minimum Gasteiger partial charge on any atom is -0.492 e. The number of aliphatic hydroxyl groups excluding tert-OH is 1. The fourth-order valence-electron chi connectivity index (χ4n) is 2.66. The molecule has 1 N–H and O–H groups in total. The molecule has 0 bridgehead atoms. The molecule has 2 heterocycles. The Morgan fingerprint density at radius 1 is 1.29 bits per heavy atom. The number of nitrogens with zero attached hydrogens (tertiary/aromatic N) is 4. The van der Waals surface area contributed by atoms with E-state index in [1.54, 1.807) is 17.2 Å². The van der Waals surface area contributed by atoms with Crippen LogP contribution in [0.4, 0.5) is 0 Å². The van der Waals surface area contributed by atoms with Gasteiger partial charge >= 0.3 is 0 Å². The molecule has 132 valence electrons. The summed E-state index contributed by atoms with van der Waals surface area (Å²) in [6, 6.07) is 3.74. The summed E-state index contributed by atoms with van der Waals surface area (Å²) in [5.74, 6) is 0.833. The first-order valence-electron chi connectivity index (χ1n) is 8.46. The maximum Gasteiger partial charge on any atom is 0.140 e. The van der Waals surface area contributed by atoms with Crippen molar-refractivity contribution in [2.75, 3.05) is 6.61 Å². The van der Waals surface area contributed by atoms with E-state index >= 15 is 0 Å². The predicted molar refractivity (Wildman–Crippen MR) is 92.8 cm³/mol. The first kappa shape index (κ1) is 18.4. The number of unbranched alkanes of at least 4 members (excludes halogenated alkanes) is 1. The van der Waals surface area contributed by atoms with Crippen LogP contribution in [0.5, 0.6) is 5.75 Å². The molecule has 0 aliphatic heterocycles. The maximum absolute atomic E-state index is 10.7. The standard InChI is InChI=1S/C18H28N4O2/c1-14-16(9-7-10-20-14)24-11-6-5-8-15(17(23)18(2,3)4)22-13-19-12-21-22/h7,9-10,12-13,15,17,23H,5-6,8,11H2,1-4H3. The van der Waals surface area contributed by atoms with Crippen LogP contribution in [0.3, 0.4) is 0 Å². The molecule has 2 atom stereocenters. The zero-order valence-electron chi connectivity index (χ0n) is 15.0. The van der Waals surface area contributed by atoms with Gasteiger partial charge in [0.15, 0.2) is 0 Å². The van der Waals surface area contributed by atoms with Crippen molar-refractivity contribution in [3.8, 4) is 5.75 Å². The van der Waals surface area contributed by atoms with Crippen LogP contribution in [0.15, 0.2) is 31.0 Å². The van der Waals surface area contributed by atoms with Crippen molar-refractivity contribution < 1.29 is 9.84 Å². The van der Waals surface area contributed by atoms with Crippen molar-refractivity contribution in [2.24, 2.45) is 5.41 Å². The lowest BCUT2D eigenvalue weighted by Crippen LogP contribution is -2.35. The van der Waals surface area contributed by atoms with E-state index in [1.165, 1.54) is 6.33 Å². The van der Waals surface area contributed by atoms with E-state index < -0.39 is 6.10 Å². The summed E-state index contributed by atoms with van der Waals surface area (Å²) in [4.78, 5) is 8.22. The Bertz CT molecular complexity index is 608. The van der Waals surface area contributed by atoms with Gasteiger partial charge in [-0.15, -0.1) is 0 Å². The molecule has 0 spiro atoms. The minimum atomic E-state index is -0.485. The van der Waals surface area contributed by atoms with E-state index in [0.29, 0.717) is 6.61 Å². The van der Waals surface area contributed by atoms with E-state index in [1.807, 2.05) is 39.8 Å². The molecule has 0 amide bonds. The topological polar surface area (TPSA) is 73.1 Å². The van der Waals surface area contributed by atoms with E-state index in [0.717, 1.165) is 30.7 Å². The van der Waals surface area contributed by atoms with Gasteiger partial charge in [0.1, 0.15) is 18.4 Å². The third kappa shape index (κ3) is 5.03. The quantitative estimate of drug-likeness (QED) is 0.752. The van der Waals surface area contributed by atoms with Gasteiger partial charge < -0.3 is 9.84 Å². The van der Waals surface area contributed by atoms with Crippen LogP contribution in [0, 0.1) is 12.3 Å². The summed E-state index contributed by atoms with van der Waals surface area (Å²) in [6.07, 6.45) is 7.15. The fourth-order valence-corrected chi connectivity index (χ4v) is 2.66. The van der Waals surface area contributed by atoms with E-state index in [-0.39, 0.29) is 11.5 Å². The third-order valence-electron chi connectivity index (χ3n) is 4.14. The van der Waals surface area contributed by atoms with E-state index in [4.69, 9.17) is 4.74 Å². The van der Waals surface area contributed by atoms with E-state index in [9.17, 15) is 5.11 Å². The number of ether oxygens (including phenoxy) is 1. The van der Waals surface area contributed by atoms with Crippen LogP contribution in [-0.4, -0.2) is 37.6 Å². The van der Waals surface area contributed by atoms with Crippen LogP contribution in [-0.2, 0) is 0 Å². The second-order valence-corrected chi connectivity index (χ2v) is 7.18. The molecule has 0 fully saturated rings. The first-order chi connectivity index (χ1) is 11.4. The third-order valence-corrected chi connectivity index (χ3v) is 4.14. The fraction of sp³-hybridized carbons (Fsp3) is 0.611. The molecule has 0 saturated heterocycles. The summed E-state index contributed by atoms with van der Waals surface area (Å²) in [5.41, 5.74) is 0.695. The average molecular weight is 332 g/mol. The summed E-state index contributed by atoms with van der Waals surface area (Å²) < 4.78 is 7.54. The SMILES string of the molecule is Cc1ncccc1OCCCCC(C(O)C(C)(C)C)n1cncn1. The zero-order chi connectivity index (χ0) is 17.6. The lowest BCUT2D eigenvalue weighted by atomic mass is 9.83. The number of aliphatic hydroxyl groups is 1. The van der Waals surface area contributed by atoms with Crippen molar-refractivity contribution in [1.29, 1.82) is 0 Å². The molecule has 2 unspecified atom stereocenters. The Labute approximate surface area is 143 Å². The Balaban J connectivity index is 1.84. The molecule has 2 aromatic rings. The Kier molecular flexibility index (Phi) is 6.31. The molecule has 24 heavy (non-hydrogen) atoms. The Hall–Kier alpha value is -1.95. The van der Waals surface area contributed by atoms with Gasteiger partial charge in [0.2, 0.25) is 0 Å². The molecule has 0 aromatic carbocycles. The molecule has 6 heteroatoms. The Morgan fingerprint density at radius 3 is 2.71 bits per heavy atom. The van der Waals surface area contributed by atoms with Gasteiger partial charge in [-0.2, -0.15) is 5.10 Å². The number of hydrogen-bond acceptors (Lipinski definition) is 5. The van der Waals surface area contributed by atoms with Gasteiger partial charge in [-0.05, 0) is 43.7 Å². The van der Waals surface area contributed by atoms with E-state index in [2.05, 4.69) is 15.1 Å². The van der Waals surface area contributed by atoms with Crippen LogP contribution in [0.1, 0.15) is 51.8 Å². The number of rotatable bonds is 8. The van der Waals surface area contributed by atoms with Crippen LogP contribution in [0.25, 0.3) is 0 Å². The van der Waals surface area contributed by atoms with Crippen molar-refractivity contribution in [1.82, 2.24) is 19.7 Å². The smallest absolute Gasteiger partial charge is 0.140 e. The molecule has 6 nitrogen and oxygen atoms in total. The van der Waals surface area contributed by atoms with Crippen molar-refractivity contribution >= 4 is 0 Å². The average Bonchev–Trinajstić information content (AvgIpc) is 3.05. The summed E-state index contributed by atoms with van der Waals surface area (Å²) in [5, 5.41) is 14.9. The molecular weight excluding hydrogens is 304 g/mol. The highest BCUT2D eigenvalue weighted by molar-refractivity contribution is 5.25. The van der Waals surface area contributed by atoms with Crippen molar-refractivity contribution in [3.05, 3.63) is 36.7 Å². The summed E-state index contributed by atoms with van der Waals surface area (Å²) in [6.45, 7) is 8.69. The number of aromatic nitrogens is 4. The van der Waals surface area contributed by atoms with Crippen LogP contribution >= 0.6 is 0 Å². The molecular formula is C18H28N4O2. The van der Waals surface area contributed by atoms with Crippen LogP contribution < -0.4 is 4.74 Å². The van der Waals surface area contributed by atoms with Gasteiger partial charge in [0, 0.05) is 6.20 Å². The number of hydrogen-bond donors (Lipinski definition) is 1. The highest BCUT2D eigenvalue weighted by Gasteiger charge is 2.31. The molecule has 0 saturated carbocycles. The second kappa shape index (κ2) is 8.24. The monoisotopic (exact) mass is 332 g/mol. The second-order valence-electron chi connectivity index (χ2n) is 7.18. The summed E-state index contributed by atoms with van der Waals surface area (Å²) >= 11 is 0. The largest absolute Gasteiger partial charge is 0.492 e. The molecule has 0 radical (unpaired) electrons. The van der Waals surface area contributed by atoms with Gasteiger partial charge in [-0.25, -0.2) is 9.67 Å². The predicted octanol–water partition coefficient (Wildman–Crippen LogP) is 3.18. The molecule has 2 aromatic heterocycles. The van der Waals surface area contributed by atoms with Gasteiger partial charge in [-0.1, -0.05) is 20.8 Å². The van der Waals surface area contributed by atoms with Gasteiger partial charge in [0.25, 0.3) is 0 Å². The lowest BCUT2D eigenvalue weighted by molar-refractivity contribution is 0.00822. The zero-order valence-corrected chi connectivity index (χ0v) is 15.0. The normalized spacial score (nSPS) is 14.4. The first-order valence-corrected chi connectivity index (χ1v) is 8.46. The summed E-state index contributed by atoms with van der Waals surface area (Å²) in [7, 11) is 0. The van der Waals surface area contributed by atoms with Crippen molar-refractivity contribution in [3.63, 3.8) is 0 Å². The molecule has 0 aliphatic rings. The Morgan fingerprint density at radius 2 is 2.08 bits per heavy atom. The number of aryl methyl sites for hydroxylation is 1. The molecule has 0 aliphatic carbocycles. The minimum absolute atomic E-state index is 0.0763. The maximum atomic E-state index is 10.7. The number of pyridine rings is 1. The molecule has 2 rings (SSSR count). The lowest BCUT2D eigenvalue weighted by Gasteiger charge is -2.33. The highest BCUT2D eigenvalue weighted by Crippen LogP contribution is 2.31. The van der Waals surface area contributed by atoms with Gasteiger partial charge in [-0.3, -0.25) is 4.98 Å². The van der Waals surface area contributed by atoms with Crippen molar-refractivity contribution in [2.45, 2.75) is 59.1 Å². The van der Waals surface area contributed by atoms with Gasteiger partial charge in [0.05, 0.1) is 24.4 Å². The highest BCUT2D eigenvalue weighted by atomic mass is 16.5. The van der Waals surface area contributed by atoms with Crippen LogP contribution in [0.2, 0.25) is 0 Å².